The molecule has 0 radical (unpaired) electrons. The van der Waals surface area contributed by atoms with Crippen LogP contribution in [0, 0.1) is 39.2 Å². The number of hydrogen-bond acceptors (Lipinski definition) is 8. The number of hydrogen-bond donors (Lipinski definition) is 4. The van der Waals surface area contributed by atoms with E-state index in [2.05, 4.69) is 50.2 Å². The van der Waals surface area contributed by atoms with Crippen molar-refractivity contribution in [2.45, 2.75) is 122 Å². The van der Waals surface area contributed by atoms with Crippen molar-refractivity contribution in [1.82, 2.24) is 16.1 Å². The standard InChI is InChI=1S/C29H51BN6O7/c1-17(2)13-24(30-42-23-16-19-15-22(28(19,3)4)29(23,5)43-30)34-26(38)21(11-8-12-32-27(31)35-36(39)40)33-25(37)18-9-7-10-20(14-18)41-6/h17-24H,7-16H2,1-6H3,(H,33,37)(H,34,38)(H3,31,32,35)/t18?,19-,20?,21+,22-,23-,24+,29+/m1/s1. The fraction of sp³-hybridized carbons (Fsp3) is 0.897. The van der Waals surface area contributed by atoms with E-state index in [-0.39, 0.29) is 66.1 Å². The van der Waals surface area contributed by atoms with Crippen LogP contribution < -0.4 is 21.8 Å². The number of hydrazine groups is 1. The highest BCUT2D eigenvalue weighted by molar-refractivity contribution is 6.48. The molecule has 4 aliphatic carbocycles. The van der Waals surface area contributed by atoms with Gasteiger partial charge in [-0.1, -0.05) is 39.5 Å². The predicted octanol–water partition coefficient (Wildman–Crippen LogP) is 2.35. The molecule has 1 aliphatic heterocycles. The molecule has 4 saturated carbocycles. The van der Waals surface area contributed by atoms with Gasteiger partial charge in [0.25, 0.3) is 5.96 Å². The summed E-state index contributed by atoms with van der Waals surface area (Å²) in [7, 11) is 1.08. The van der Waals surface area contributed by atoms with Gasteiger partial charge in [0.05, 0.1) is 23.8 Å². The van der Waals surface area contributed by atoms with Gasteiger partial charge < -0.3 is 30.4 Å². The molecule has 5 fully saturated rings. The van der Waals surface area contributed by atoms with Crippen molar-refractivity contribution in [3.05, 3.63) is 10.1 Å². The molecule has 2 bridgehead atoms. The summed E-state index contributed by atoms with van der Waals surface area (Å²) in [6.45, 7) is 11.1. The van der Waals surface area contributed by atoms with Gasteiger partial charge in [-0.25, -0.2) is 15.1 Å². The van der Waals surface area contributed by atoms with E-state index in [9.17, 15) is 19.7 Å². The fourth-order valence-electron chi connectivity index (χ4n) is 7.88. The van der Waals surface area contributed by atoms with E-state index < -0.39 is 23.8 Å². The number of nitro groups is 1. The Morgan fingerprint density at radius 3 is 2.58 bits per heavy atom. The molecule has 0 spiro atoms. The van der Waals surface area contributed by atoms with Crippen molar-refractivity contribution in [2.75, 3.05) is 13.7 Å². The van der Waals surface area contributed by atoms with Crippen molar-refractivity contribution in [2.24, 2.45) is 39.8 Å². The summed E-state index contributed by atoms with van der Waals surface area (Å²) in [5.74, 6) is -0.134. The van der Waals surface area contributed by atoms with Gasteiger partial charge in [0.1, 0.15) is 6.04 Å². The Balaban J connectivity index is 1.45. The van der Waals surface area contributed by atoms with Crippen LogP contribution in [-0.2, 0) is 23.6 Å². The topological polar surface area (TPSA) is 179 Å². The van der Waals surface area contributed by atoms with Gasteiger partial charge in [0.15, 0.2) is 5.03 Å². The molecular formula is C29H51BN6O7. The van der Waals surface area contributed by atoms with Gasteiger partial charge in [0.2, 0.25) is 11.8 Å². The number of methoxy groups -OCH3 is 1. The van der Waals surface area contributed by atoms with Crippen LogP contribution in [0.4, 0.5) is 0 Å². The maximum absolute atomic E-state index is 13.9. The van der Waals surface area contributed by atoms with E-state index in [4.69, 9.17) is 19.8 Å². The molecule has 5 N–H and O–H groups in total. The number of nitrogens with two attached hydrogens (primary N) is 1. The fourth-order valence-corrected chi connectivity index (χ4v) is 7.88. The number of carbonyl (C=O) groups is 2. The van der Waals surface area contributed by atoms with Crippen molar-refractivity contribution in [3.8, 4) is 0 Å². The van der Waals surface area contributed by atoms with Crippen molar-refractivity contribution >= 4 is 24.9 Å². The summed E-state index contributed by atoms with van der Waals surface area (Å²) in [5.41, 5.74) is 7.15. The Labute approximate surface area is 255 Å². The minimum absolute atomic E-state index is 0.00698. The minimum atomic E-state index is -0.823. The van der Waals surface area contributed by atoms with Crippen LogP contribution in [0.25, 0.3) is 0 Å². The molecule has 2 unspecified atom stereocenters. The Hall–Kier alpha value is -2.45. The van der Waals surface area contributed by atoms with Crippen LogP contribution in [0.1, 0.15) is 92.4 Å². The average Bonchev–Trinajstić information content (AvgIpc) is 3.30. The second-order valence-electron chi connectivity index (χ2n) is 14.1. The molecule has 0 aromatic heterocycles. The number of rotatable bonds is 13. The first-order valence-corrected chi connectivity index (χ1v) is 15.9. The smallest absolute Gasteiger partial charge is 0.404 e. The highest BCUT2D eigenvalue weighted by atomic mass is 16.7. The SMILES string of the molecule is COC1CCCC(C(=O)N[C@@H](CCCN=C(N)N[N+](=O)[O-])C(=O)N[C@@H](CC(C)C)B2O[C@@H]3C[C@H]4C[C@H](C4(C)C)[C@]3(C)O2)C1. The average molecular weight is 607 g/mol. The predicted molar refractivity (Wildman–Crippen MR) is 162 cm³/mol. The van der Waals surface area contributed by atoms with Gasteiger partial charge in [0, 0.05) is 19.6 Å². The lowest BCUT2D eigenvalue weighted by Crippen LogP contribution is -2.65. The first kappa shape index (κ1) is 33.4. The highest BCUT2D eigenvalue weighted by Gasteiger charge is 2.68. The van der Waals surface area contributed by atoms with Crippen LogP contribution in [0.15, 0.2) is 4.99 Å². The number of carbonyl (C=O) groups excluding carboxylic acids is 2. The van der Waals surface area contributed by atoms with E-state index >= 15 is 0 Å². The van der Waals surface area contributed by atoms with Crippen molar-refractivity contribution in [1.29, 1.82) is 0 Å². The molecule has 1 saturated heterocycles. The Morgan fingerprint density at radius 1 is 1.19 bits per heavy atom. The highest BCUT2D eigenvalue weighted by Crippen LogP contribution is 2.65. The number of ether oxygens (including phenoxy) is 1. The van der Waals surface area contributed by atoms with Crippen LogP contribution >= 0.6 is 0 Å². The third kappa shape index (κ3) is 7.62. The van der Waals surface area contributed by atoms with Crippen LogP contribution in [0.5, 0.6) is 0 Å². The number of nitrogens with one attached hydrogen (secondary N) is 3. The maximum Gasteiger partial charge on any atom is 0.481 e. The van der Waals surface area contributed by atoms with E-state index in [0.717, 1.165) is 32.1 Å². The number of guanidine groups is 1. The lowest BCUT2D eigenvalue weighted by Gasteiger charge is -2.64. The number of amides is 2. The van der Waals surface area contributed by atoms with Gasteiger partial charge >= 0.3 is 7.12 Å². The summed E-state index contributed by atoms with van der Waals surface area (Å²) in [6, 6.07) is -0.823. The molecule has 43 heavy (non-hydrogen) atoms. The molecule has 0 aromatic rings. The molecule has 5 aliphatic rings. The lowest BCUT2D eigenvalue weighted by molar-refractivity contribution is -0.525. The van der Waals surface area contributed by atoms with Gasteiger partial charge in [-0.2, -0.15) is 0 Å². The number of nitrogens with zero attached hydrogens (tertiary/aromatic N) is 2. The summed E-state index contributed by atoms with van der Waals surface area (Å²) >= 11 is 0. The Morgan fingerprint density at radius 2 is 1.93 bits per heavy atom. The molecule has 5 rings (SSSR count). The largest absolute Gasteiger partial charge is 0.481 e. The molecule has 13 nitrogen and oxygen atoms in total. The molecule has 1 heterocycles. The monoisotopic (exact) mass is 606 g/mol. The van der Waals surface area contributed by atoms with Gasteiger partial charge in [-0.05, 0) is 81.5 Å². The summed E-state index contributed by atoms with van der Waals surface area (Å²) in [4.78, 5) is 41.8. The van der Waals surface area contributed by atoms with Crippen molar-refractivity contribution in [3.63, 3.8) is 0 Å². The van der Waals surface area contributed by atoms with E-state index in [1.54, 1.807) is 7.11 Å². The molecule has 14 heteroatoms. The zero-order valence-electron chi connectivity index (χ0n) is 26.6. The molecule has 2 amide bonds. The third-order valence-corrected chi connectivity index (χ3v) is 10.5. The van der Waals surface area contributed by atoms with Gasteiger partial charge in [-0.15, -0.1) is 0 Å². The number of aliphatic imine (C=N–C) groups is 1. The molecular weight excluding hydrogens is 555 g/mol. The summed E-state index contributed by atoms with van der Waals surface area (Å²) in [6.07, 6.45) is 6.59. The molecule has 242 valence electrons. The van der Waals surface area contributed by atoms with Crippen LogP contribution in [0.2, 0.25) is 0 Å². The molecule has 0 aromatic carbocycles. The summed E-state index contributed by atoms with van der Waals surface area (Å²) < 4.78 is 18.7. The van der Waals surface area contributed by atoms with E-state index in [1.165, 1.54) is 0 Å². The van der Waals surface area contributed by atoms with Crippen molar-refractivity contribution < 1.29 is 28.7 Å². The first-order chi connectivity index (χ1) is 20.2. The van der Waals surface area contributed by atoms with Crippen LogP contribution in [0.3, 0.4) is 0 Å². The second kappa shape index (κ2) is 13.7. The van der Waals surface area contributed by atoms with Crippen LogP contribution in [-0.4, -0.2) is 73.4 Å². The first-order valence-electron chi connectivity index (χ1n) is 15.9. The third-order valence-electron chi connectivity index (χ3n) is 10.5. The summed E-state index contributed by atoms with van der Waals surface area (Å²) in [5, 5.41) is 16.0. The zero-order chi connectivity index (χ0) is 31.5. The zero-order valence-corrected chi connectivity index (χ0v) is 26.6. The Bertz CT molecular complexity index is 1060. The maximum atomic E-state index is 13.9. The lowest BCUT2D eigenvalue weighted by atomic mass is 9.43. The minimum Gasteiger partial charge on any atom is -0.404 e. The van der Waals surface area contributed by atoms with E-state index in [0.29, 0.717) is 31.1 Å². The Kier molecular flexibility index (Phi) is 10.6. The van der Waals surface area contributed by atoms with E-state index in [1.807, 2.05) is 5.43 Å². The quantitative estimate of drug-likeness (QED) is 0.0611. The second-order valence-corrected chi connectivity index (χ2v) is 14.1. The normalized spacial score (nSPS) is 32.8. The molecule has 8 atom stereocenters. The van der Waals surface area contributed by atoms with Gasteiger partial charge in [-0.3, -0.25) is 9.59 Å².